The van der Waals surface area contributed by atoms with Crippen molar-refractivity contribution >= 4 is 6.08 Å². The lowest BCUT2D eigenvalue weighted by atomic mass is 9.97. The summed E-state index contributed by atoms with van der Waals surface area (Å²) in [5, 5.41) is 8.54. The summed E-state index contributed by atoms with van der Waals surface area (Å²) in [6.07, 6.45) is 8.82. The topological polar surface area (TPSA) is 98.7 Å². The van der Waals surface area contributed by atoms with E-state index in [0.717, 1.165) is 17.7 Å². The molecule has 3 heterocycles. The molecule has 8 nitrogen and oxygen atoms in total. The molecule has 0 saturated heterocycles. The van der Waals surface area contributed by atoms with Gasteiger partial charge in [-0.3, -0.25) is 14.5 Å². The van der Waals surface area contributed by atoms with Gasteiger partial charge in [-0.15, -0.1) is 0 Å². The van der Waals surface area contributed by atoms with Crippen molar-refractivity contribution in [2.24, 2.45) is 7.05 Å². The first-order chi connectivity index (χ1) is 11.6. The molecule has 0 saturated carbocycles. The van der Waals surface area contributed by atoms with Gasteiger partial charge in [0.1, 0.15) is 17.1 Å². The number of allylic oxidation sites excluding steroid dienone is 1. The Morgan fingerprint density at radius 1 is 1.33 bits per heavy atom. The molecule has 122 valence electrons. The minimum Gasteiger partial charge on any atom is -0.412 e. The van der Waals surface area contributed by atoms with Gasteiger partial charge in [-0.2, -0.15) is 10.2 Å². The molecule has 3 aromatic heterocycles. The van der Waals surface area contributed by atoms with Crippen molar-refractivity contribution in [3.8, 4) is 5.69 Å². The number of H-pyrrole nitrogens is 1. The zero-order valence-corrected chi connectivity index (χ0v) is 13.0. The van der Waals surface area contributed by atoms with Gasteiger partial charge in [0.05, 0.1) is 18.1 Å². The Kier molecular flexibility index (Phi) is 3.30. The minimum atomic E-state index is -0.450. The summed E-state index contributed by atoms with van der Waals surface area (Å²) in [7, 11) is 1.82. The molecule has 3 aromatic rings. The quantitative estimate of drug-likeness (QED) is 0.768. The van der Waals surface area contributed by atoms with Gasteiger partial charge >= 0.3 is 5.76 Å². The van der Waals surface area contributed by atoms with Crippen LogP contribution in [-0.2, 0) is 19.9 Å². The molecule has 0 aliphatic heterocycles. The SMILES string of the molecule is Cn1cc(-n2ccc(=O)c(CC3=Cc4[nH]c(=O)oc4CC3)n2)cn1. The van der Waals surface area contributed by atoms with Crippen LogP contribution in [0.5, 0.6) is 0 Å². The van der Waals surface area contributed by atoms with E-state index in [2.05, 4.69) is 15.2 Å². The summed E-state index contributed by atoms with van der Waals surface area (Å²) < 4.78 is 8.37. The molecular weight excluding hydrogens is 310 g/mol. The van der Waals surface area contributed by atoms with Crippen molar-refractivity contribution in [2.75, 3.05) is 0 Å². The van der Waals surface area contributed by atoms with Gasteiger partial charge in [0.25, 0.3) is 0 Å². The van der Waals surface area contributed by atoms with Crippen LogP contribution in [0, 0.1) is 0 Å². The molecule has 0 unspecified atom stereocenters. The fourth-order valence-electron chi connectivity index (χ4n) is 2.82. The van der Waals surface area contributed by atoms with E-state index in [0.29, 0.717) is 30.0 Å². The number of nitrogens with one attached hydrogen (secondary N) is 1. The van der Waals surface area contributed by atoms with Crippen LogP contribution >= 0.6 is 0 Å². The maximum Gasteiger partial charge on any atom is 0.416 e. The van der Waals surface area contributed by atoms with Gasteiger partial charge in [-0.25, -0.2) is 9.48 Å². The Hall–Kier alpha value is -3.16. The fourth-order valence-corrected chi connectivity index (χ4v) is 2.82. The highest BCUT2D eigenvalue weighted by molar-refractivity contribution is 5.54. The molecule has 0 aromatic carbocycles. The summed E-state index contributed by atoms with van der Waals surface area (Å²) in [5.41, 5.74) is 2.86. The predicted octanol–water partition coefficient (Wildman–Crippen LogP) is 0.820. The Labute approximate surface area is 136 Å². The van der Waals surface area contributed by atoms with Crippen molar-refractivity contribution in [1.82, 2.24) is 24.5 Å². The number of hydrogen-bond acceptors (Lipinski definition) is 5. The molecule has 0 spiro atoms. The second-order valence-corrected chi connectivity index (χ2v) is 5.77. The summed E-state index contributed by atoms with van der Waals surface area (Å²) in [6, 6.07) is 1.50. The van der Waals surface area contributed by atoms with Crippen LogP contribution in [0.4, 0.5) is 0 Å². The van der Waals surface area contributed by atoms with Crippen LogP contribution in [0.25, 0.3) is 11.8 Å². The first kappa shape index (κ1) is 14.4. The van der Waals surface area contributed by atoms with Crippen LogP contribution in [0.2, 0.25) is 0 Å². The molecule has 0 fully saturated rings. The standard InChI is InChI=1S/C16H15N5O3/c1-20-9-11(8-17-20)21-5-4-14(22)12(19-21)6-10-2-3-15-13(7-10)18-16(23)24-15/h4-5,7-9H,2-3,6H2,1H3,(H,18,23). The van der Waals surface area contributed by atoms with Crippen LogP contribution in [-0.4, -0.2) is 24.5 Å². The molecule has 0 amide bonds. The van der Waals surface area contributed by atoms with E-state index in [1.54, 1.807) is 21.8 Å². The van der Waals surface area contributed by atoms with Crippen LogP contribution in [0.3, 0.4) is 0 Å². The lowest BCUT2D eigenvalue weighted by molar-refractivity contribution is 0.466. The fraction of sp³-hybridized carbons (Fsp3) is 0.250. The van der Waals surface area contributed by atoms with Crippen molar-refractivity contribution < 1.29 is 4.42 Å². The van der Waals surface area contributed by atoms with E-state index in [1.165, 1.54) is 6.07 Å². The van der Waals surface area contributed by atoms with Crippen LogP contribution in [0.15, 0.2) is 44.2 Å². The van der Waals surface area contributed by atoms with Gasteiger partial charge < -0.3 is 4.42 Å². The van der Waals surface area contributed by atoms with Gasteiger partial charge in [0.15, 0.2) is 0 Å². The summed E-state index contributed by atoms with van der Waals surface area (Å²) in [5.74, 6) is 0.215. The van der Waals surface area contributed by atoms with Gasteiger partial charge in [0, 0.05) is 32.2 Å². The van der Waals surface area contributed by atoms with E-state index in [9.17, 15) is 9.59 Å². The highest BCUT2D eigenvalue weighted by Crippen LogP contribution is 2.23. The van der Waals surface area contributed by atoms with Crippen molar-refractivity contribution in [2.45, 2.75) is 19.3 Å². The normalized spacial score (nSPS) is 13.6. The number of nitrogens with zero attached hydrogens (tertiary/aromatic N) is 4. The smallest absolute Gasteiger partial charge is 0.412 e. The van der Waals surface area contributed by atoms with E-state index in [1.807, 2.05) is 19.3 Å². The Balaban J connectivity index is 1.66. The van der Waals surface area contributed by atoms with Crippen molar-refractivity contribution in [3.63, 3.8) is 0 Å². The van der Waals surface area contributed by atoms with Crippen LogP contribution in [0.1, 0.15) is 23.6 Å². The van der Waals surface area contributed by atoms with E-state index >= 15 is 0 Å². The Bertz CT molecular complexity index is 1050. The third kappa shape index (κ3) is 2.62. The lowest BCUT2D eigenvalue weighted by Crippen LogP contribution is -2.17. The Morgan fingerprint density at radius 2 is 2.21 bits per heavy atom. The third-order valence-electron chi connectivity index (χ3n) is 4.00. The maximum atomic E-state index is 12.1. The van der Waals surface area contributed by atoms with Crippen molar-refractivity contribution in [3.05, 3.63) is 68.2 Å². The average Bonchev–Trinajstić information content (AvgIpc) is 3.14. The number of rotatable bonds is 3. The molecule has 1 aliphatic carbocycles. The second-order valence-electron chi connectivity index (χ2n) is 5.77. The number of oxazole rings is 1. The predicted molar refractivity (Wildman–Crippen MR) is 85.9 cm³/mol. The van der Waals surface area contributed by atoms with E-state index < -0.39 is 5.76 Å². The second kappa shape index (κ2) is 5.48. The molecule has 0 atom stereocenters. The molecule has 4 rings (SSSR count). The van der Waals surface area contributed by atoms with Crippen LogP contribution < -0.4 is 11.2 Å². The van der Waals surface area contributed by atoms with Gasteiger partial charge in [0.2, 0.25) is 5.43 Å². The third-order valence-corrected chi connectivity index (χ3v) is 4.00. The largest absolute Gasteiger partial charge is 0.416 e. The van der Waals surface area contributed by atoms with Gasteiger partial charge in [-0.05, 0) is 12.5 Å². The molecule has 0 bridgehead atoms. The monoisotopic (exact) mass is 325 g/mol. The highest BCUT2D eigenvalue weighted by Gasteiger charge is 2.17. The maximum absolute atomic E-state index is 12.1. The molecule has 8 heteroatoms. The molecule has 24 heavy (non-hydrogen) atoms. The summed E-state index contributed by atoms with van der Waals surface area (Å²) >= 11 is 0. The number of aryl methyl sites for hydroxylation is 2. The molecule has 0 radical (unpaired) electrons. The average molecular weight is 325 g/mol. The molecule has 1 N–H and O–H groups in total. The minimum absolute atomic E-state index is 0.109. The molecule has 1 aliphatic rings. The summed E-state index contributed by atoms with van der Waals surface area (Å²) in [4.78, 5) is 26.0. The zero-order valence-electron chi connectivity index (χ0n) is 13.0. The zero-order chi connectivity index (χ0) is 16.7. The number of aromatic amines is 1. The lowest BCUT2D eigenvalue weighted by Gasteiger charge is -2.11. The number of aromatic nitrogens is 5. The summed E-state index contributed by atoms with van der Waals surface area (Å²) in [6.45, 7) is 0. The van der Waals surface area contributed by atoms with E-state index in [4.69, 9.17) is 4.42 Å². The first-order valence-corrected chi connectivity index (χ1v) is 7.58. The number of fused-ring (bicyclic) bond motifs is 1. The Morgan fingerprint density at radius 3 is 3.00 bits per heavy atom. The van der Waals surface area contributed by atoms with E-state index in [-0.39, 0.29) is 5.43 Å². The van der Waals surface area contributed by atoms with Crippen molar-refractivity contribution in [1.29, 1.82) is 0 Å². The highest BCUT2D eigenvalue weighted by atomic mass is 16.4. The van der Waals surface area contributed by atoms with Gasteiger partial charge in [-0.1, -0.05) is 5.57 Å². The first-order valence-electron chi connectivity index (χ1n) is 7.58. The molecular formula is C16H15N5O3. The number of hydrogen-bond donors (Lipinski definition) is 1.